The number of H-pyrrole nitrogens is 1. The van der Waals surface area contributed by atoms with Crippen molar-refractivity contribution in [2.45, 2.75) is 25.3 Å². The van der Waals surface area contributed by atoms with Crippen LogP contribution in [0.25, 0.3) is 39.2 Å². The van der Waals surface area contributed by atoms with E-state index in [1.165, 1.54) is 10.7 Å². The van der Waals surface area contributed by atoms with Crippen LogP contribution >= 0.6 is 23.2 Å². The summed E-state index contributed by atoms with van der Waals surface area (Å²) >= 11 is 12.3. The number of aromatic nitrogens is 8. The molecule has 2 aromatic carbocycles. The van der Waals surface area contributed by atoms with Gasteiger partial charge in [0.2, 0.25) is 5.95 Å². The maximum Gasteiger partial charge on any atom is 0.254 e. The summed E-state index contributed by atoms with van der Waals surface area (Å²) in [6, 6.07) is 11.5. The lowest BCUT2D eigenvalue weighted by Crippen LogP contribution is -2.27. The monoisotopic (exact) mass is 574 g/mol. The van der Waals surface area contributed by atoms with Crippen LogP contribution in [0.3, 0.4) is 0 Å². The first-order valence-electron chi connectivity index (χ1n) is 12.5. The summed E-state index contributed by atoms with van der Waals surface area (Å²) in [6.45, 7) is 1.84. The number of aryl methyl sites for hydroxylation is 1. The van der Waals surface area contributed by atoms with Gasteiger partial charge in [0.1, 0.15) is 17.3 Å². The number of nitrogens with one attached hydrogen (secondary N) is 1. The normalized spacial score (nSPS) is 19.2. The van der Waals surface area contributed by atoms with Crippen molar-refractivity contribution in [3.8, 4) is 28.2 Å². The van der Waals surface area contributed by atoms with Crippen LogP contribution in [0, 0.1) is 18.8 Å². The molecule has 1 aliphatic heterocycles. The van der Waals surface area contributed by atoms with Gasteiger partial charge in [-0.2, -0.15) is 4.39 Å². The van der Waals surface area contributed by atoms with E-state index in [2.05, 4.69) is 25.4 Å². The van der Waals surface area contributed by atoms with Crippen molar-refractivity contribution in [1.82, 2.24) is 39.7 Å². The van der Waals surface area contributed by atoms with Crippen LogP contribution in [0.1, 0.15) is 35.7 Å². The Bertz CT molecular complexity index is 2060. The van der Waals surface area contributed by atoms with Crippen LogP contribution < -0.4 is 5.56 Å². The van der Waals surface area contributed by atoms with Gasteiger partial charge in [0, 0.05) is 33.5 Å². The van der Waals surface area contributed by atoms with Gasteiger partial charge in [-0.3, -0.25) is 9.36 Å². The molecule has 0 bridgehead atoms. The summed E-state index contributed by atoms with van der Waals surface area (Å²) in [7, 11) is 0. The quantitative estimate of drug-likeness (QED) is 0.296. The highest BCUT2D eigenvalue weighted by Gasteiger charge is 2.55. The van der Waals surface area contributed by atoms with Crippen molar-refractivity contribution in [1.29, 1.82) is 0 Å². The second-order valence-electron chi connectivity index (χ2n) is 10.1. The number of aromatic amines is 1. The molecule has 5 heterocycles. The lowest BCUT2D eigenvalue weighted by molar-refractivity contribution is 0.450. The molecule has 40 heavy (non-hydrogen) atoms. The Morgan fingerprint density at radius 1 is 1.12 bits per heavy atom. The smallest absolute Gasteiger partial charge is 0.254 e. The molecule has 0 amide bonds. The number of fused-ring (bicyclic) bond motifs is 4. The minimum atomic E-state index is -0.580. The molecular formula is C27H17Cl2FN8O2. The number of rotatable bonds is 4. The van der Waals surface area contributed by atoms with E-state index in [4.69, 9.17) is 32.7 Å². The van der Waals surface area contributed by atoms with E-state index >= 15 is 4.39 Å². The van der Waals surface area contributed by atoms with Crippen LogP contribution in [0.15, 0.2) is 58.0 Å². The van der Waals surface area contributed by atoms with Crippen LogP contribution in [0.4, 0.5) is 4.39 Å². The van der Waals surface area contributed by atoms with Crippen molar-refractivity contribution >= 4 is 34.2 Å². The largest absolute Gasteiger partial charge is 0.356 e. The molecule has 4 aromatic heterocycles. The summed E-state index contributed by atoms with van der Waals surface area (Å²) in [4.78, 5) is 25.9. The third-order valence-corrected chi connectivity index (χ3v) is 8.07. The molecule has 13 heteroatoms. The molecule has 2 aliphatic rings. The van der Waals surface area contributed by atoms with Crippen LogP contribution in [0.5, 0.6) is 0 Å². The molecule has 0 radical (unpaired) electrons. The topological polar surface area (TPSA) is 120 Å². The summed E-state index contributed by atoms with van der Waals surface area (Å²) in [5, 5.41) is 13.4. The minimum absolute atomic E-state index is 0.0613. The van der Waals surface area contributed by atoms with E-state index < -0.39 is 12.0 Å². The molecule has 0 saturated heterocycles. The maximum atomic E-state index is 15.2. The molecule has 198 valence electrons. The van der Waals surface area contributed by atoms with Crippen molar-refractivity contribution in [2.75, 3.05) is 0 Å². The zero-order valence-electron chi connectivity index (χ0n) is 20.6. The first-order valence-corrected chi connectivity index (χ1v) is 13.2. The summed E-state index contributed by atoms with van der Waals surface area (Å²) in [5.74, 6) is 0.582. The van der Waals surface area contributed by atoms with Crippen molar-refractivity contribution in [3.05, 3.63) is 92.5 Å². The fourth-order valence-corrected chi connectivity index (χ4v) is 6.05. The Labute approximate surface area is 234 Å². The average Bonchev–Trinajstić information content (AvgIpc) is 3.21. The van der Waals surface area contributed by atoms with Gasteiger partial charge in [-0.05, 0) is 49.6 Å². The summed E-state index contributed by atoms with van der Waals surface area (Å²) in [6.07, 6.45) is 2.38. The van der Waals surface area contributed by atoms with Gasteiger partial charge >= 0.3 is 0 Å². The third-order valence-electron chi connectivity index (χ3n) is 7.67. The molecule has 10 nitrogen and oxygen atoms in total. The highest BCUT2D eigenvalue weighted by atomic mass is 35.5. The number of hydrogen-bond donors (Lipinski definition) is 1. The summed E-state index contributed by atoms with van der Waals surface area (Å²) < 4.78 is 23.7. The first-order chi connectivity index (χ1) is 19.4. The number of nitrogens with zero attached hydrogens (tertiary/aromatic N) is 7. The molecular weight excluding hydrogens is 558 g/mol. The van der Waals surface area contributed by atoms with Crippen LogP contribution in [0.2, 0.25) is 10.2 Å². The number of benzene rings is 2. The fraction of sp³-hybridized carbons (Fsp3) is 0.185. The summed E-state index contributed by atoms with van der Waals surface area (Å²) in [5.41, 5.74) is 3.44. The second-order valence-corrected chi connectivity index (χ2v) is 10.9. The fourth-order valence-electron chi connectivity index (χ4n) is 5.75. The Morgan fingerprint density at radius 2 is 2.00 bits per heavy atom. The van der Waals surface area contributed by atoms with E-state index in [0.717, 1.165) is 17.5 Å². The Hall–Kier alpha value is -4.35. The van der Waals surface area contributed by atoms with Gasteiger partial charge in [-0.1, -0.05) is 39.6 Å². The Morgan fingerprint density at radius 3 is 2.83 bits per heavy atom. The Balaban J connectivity index is 1.21. The Kier molecular flexibility index (Phi) is 4.90. The molecule has 8 rings (SSSR count). The minimum Gasteiger partial charge on any atom is -0.356 e. The van der Waals surface area contributed by atoms with Gasteiger partial charge < -0.3 is 9.51 Å². The van der Waals surface area contributed by atoms with Gasteiger partial charge in [0.15, 0.2) is 10.7 Å². The van der Waals surface area contributed by atoms with Crippen molar-refractivity contribution in [3.63, 3.8) is 0 Å². The highest BCUT2D eigenvalue weighted by molar-refractivity contribution is 6.31. The van der Waals surface area contributed by atoms with E-state index in [1.807, 2.05) is 13.0 Å². The van der Waals surface area contributed by atoms with E-state index in [0.29, 0.717) is 44.8 Å². The maximum absolute atomic E-state index is 15.2. The SMILES string of the molecule is Cc1noc2cc(-c3nc(C4C5CC5c5nc(-c6cc(Cl)ccc6-n6cc(Cl)nn6)cc(=O)n54)[nH]c3F)ccc12. The van der Waals surface area contributed by atoms with Crippen LogP contribution in [-0.4, -0.2) is 39.7 Å². The van der Waals surface area contributed by atoms with E-state index in [9.17, 15) is 4.79 Å². The lowest BCUT2D eigenvalue weighted by Gasteiger charge is -2.17. The van der Waals surface area contributed by atoms with Gasteiger partial charge in [0.05, 0.1) is 29.3 Å². The zero-order valence-corrected chi connectivity index (χ0v) is 22.2. The van der Waals surface area contributed by atoms with Gasteiger partial charge in [0.25, 0.3) is 5.56 Å². The lowest BCUT2D eigenvalue weighted by atomic mass is 10.1. The second kappa shape index (κ2) is 8.33. The molecule has 3 atom stereocenters. The van der Waals surface area contributed by atoms with E-state index in [-0.39, 0.29) is 28.2 Å². The van der Waals surface area contributed by atoms with Crippen molar-refractivity contribution in [2.24, 2.45) is 5.92 Å². The molecule has 0 spiro atoms. The predicted octanol–water partition coefficient (Wildman–Crippen LogP) is 5.48. The van der Waals surface area contributed by atoms with Crippen LogP contribution in [-0.2, 0) is 0 Å². The molecule has 1 N–H and O–H groups in total. The molecule has 3 unspecified atom stereocenters. The van der Waals surface area contributed by atoms with Gasteiger partial charge in [-0.25, -0.2) is 14.6 Å². The average molecular weight is 575 g/mol. The highest BCUT2D eigenvalue weighted by Crippen LogP contribution is 2.60. The molecule has 1 saturated carbocycles. The number of imidazole rings is 1. The first kappa shape index (κ1) is 23.5. The third kappa shape index (κ3) is 3.47. The molecule has 1 fully saturated rings. The number of hydrogen-bond acceptors (Lipinski definition) is 7. The number of halogens is 3. The standard InChI is InChI=1S/C27H17Cl2FN8O2/c1-11-14-4-2-12(6-20(14)40-35-11)23-25(30)33-26(32-23)24-15-8-16(15)27-31-18(9-22(39)38(24)27)17-7-13(28)3-5-19(17)37-10-21(29)34-36-37/h2-7,9-10,15-16,24H,8H2,1H3,(H,32,33). The zero-order chi connectivity index (χ0) is 27.3. The van der Waals surface area contributed by atoms with Gasteiger partial charge in [-0.15, -0.1) is 5.10 Å². The van der Waals surface area contributed by atoms with E-state index in [1.54, 1.807) is 41.1 Å². The molecule has 6 aromatic rings. The molecule has 1 aliphatic carbocycles. The van der Waals surface area contributed by atoms with Crippen molar-refractivity contribution < 1.29 is 8.91 Å². The predicted molar refractivity (Wildman–Crippen MR) is 144 cm³/mol.